The number of nitrogens with two attached hydrogens (primary N) is 1. The first-order valence-electron chi connectivity index (χ1n) is 5.30. The third kappa shape index (κ3) is 2.62. The van der Waals surface area contributed by atoms with E-state index in [9.17, 15) is 10.2 Å². The Morgan fingerprint density at radius 3 is 2.50 bits per heavy atom. The lowest BCUT2D eigenvalue weighted by molar-refractivity contribution is 0.132. The summed E-state index contributed by atoms with van der Waals surface area (Å²) in [6, 6.07) is 3.56. The van der Waals surface area contributed by atoms with E-state index in [0.717, 1.165) is 5.69 Å². The van der Waals surface area contributed by atoms with Crippen LogP contribution in [0.25, 0.3) is 0 Å². The predicted molar refractivity (Wildman–Crippen MR) is 64.2 cm³/mol. The molecule has 1 heterocycles. The first-order valence-corrected chi connectivity index (χ1v) is 5.30. The molecule has 0 amide bonds. The van der Waals surface area contributed by atoms with Gasteiger partial charge in [-0.3, -0.25) is 0 Å². The number of aromatic nitrogens is 1. The van der Waals surface area contributed by atoms with Gasteiger partial charge in [0, 0.05) is 5.69 Å². The summed E-state index contributed by atoms with van der Waals surface area (Å²) in [7, 11) is 0. The minimum absolute atomic E-state index is 0.172. The van der Waals surface area contributed by atoms with Crippen molar-refractivity contribution in [2.75, 3.05) is 24.3 Å². The highest BCUT2D eigenvalue weighted by Crippen LogP contribution is 2.22. The van der Waals surface area contributed by atoms with Crippen molar-refractivity contribution in [3.05, 3.63) is 17.8 Å². The predicted octanol–water partition coefficient (Wildman–Crippen LogP) is 0.518. The molecule has 0 bridgehead atoms. The molecule has 5 nitrogen and oxygen atoms in total. The molecule has 0 aliphatic heterocycles. The fraction of sp³-hybridized carbons (Fsp3) is 0.545. The van der Waals surface area contributed by atoms with Crippen molar-refractivity contribution in [1.29, 1.82) is 0 Å². The molecule has 0 saturated carbocycles. The molecule has 90 valence electrons. The SMILES string of the molecule is CCC(CO)(CO)Nc1nc(C)ccc1N. The molecule has 0 atom stereocenters. The molecule has 16 heavy (non-hydrogen) atoms. The number of pyridine rings is 1. The first kappa shape index (κ1) is 12.7. The number of aryl methyl sites for hydroxylation is 1. The number of rotatable bonds is 5. The van der Waals surface area contributed by atoms with Crippen LogP contribution in [0.4, 0.5) is 11.5 Å². The van der Waals surface area contributed by atoms with E-state index < -0.39 is 5.54 Å². The fourth-order valence-electron chi connectivity index (χ4n) is 1.36. The summed E-state index contributed by atoms with van der Waals surface area (Å²) < 4.78 is 0. The summed E-state index contributed by atoms with van der Waals surface area (Å²) in [4.78, 5) is 4.24. The molecule has 0 aliphatic rings. The molecule has 0 spiro atoms. The Hall–Kier alpha value is -1.33. The molecule has 1 aromatic rings. The Bertz CT molecular complexity index is 343. The standard InChI is InChI=1S/C11H19N3O2/c1-3-11(6-15,7-16)14-10-9(12)5-4-8(2)13-10/h4-5,15-16H,3,6-7,12H2,1-2H3,(H,13,14). The van der Waals surface area contributed by atoms with E-state index in [2.05, 4.69) is 10.3 Å². The van der Waals surface area contributed by atoms with Crippen LogP contribution in [0.3, 0.4) is 0 Å². The summed E-state index contributed by atoms with van der Waals surface area (Å²) in [5.74, 6) is 0.505. The van der Waals surface area contributed by atoms with Gasteiger partial charge >= 0.3 is 0 Å². The summed E-state index contributed by atoms with van der Waals surface area (Å²) in [5, 5.41) is 21.6. The van der Waals surface area contributed by atoms with Crippen LogP contribution in [0.1, 0.15) is 19.0 Å². The van der Waals surface area contributed by atoms with Gasteiger partial charge in [0.15, 0.2) is 0 Å². The van der Waals surface area contributed by atoms with E-state index in [0.29, 0.717) is 17.9 Å². The molecular formula is C11H19N3O2. The highest BCUT2D eigenvalue weighted by molar-refractivity contribution is 5.62. The summed E-state index contributed by atoms with van der Waals surface area (Å²) >= 11 is 0. The second kappa shape index (κ2) is 5.14. The van der Waals surface area contributed by atoms with Crippen molar-refractivity contribution >= 4 is 11.5 Å². The maximum atomic E-state index is 9.31. The third-order valence-corrected chi connectivity index (χ3v) is 2.73. The smallest absolute Gasteiger partial charge is 0.150 e. The van der Waals surface area contributed by atoms with E-state index >= 15 is 0 Å². The van der Waals surface area contributed by atoms with Crippen LogP contribution in [0.2, 0.25) is 0 Å². The zero-order valence-electron chi connectivity index (χ0n) is 9.70. The van der Waals surface area contributed by atoms with E-state index in [1.165, 1.54) is 0 Å². The molecule has 5 N–H and O–H groups in total. The van der Waals surface area contributed by atoms with Gasteiger partial charge in [0.05, 0.1) is 24.4 Å². The zero-order valence-corrected chi connectivity index (χ0v) is 9.70. The lowest BCUT2D eigenvalue weighted by Crippen LogP contribution is -2.45. The van der Waals surface area contributed by atoms with Crippen LogP contribution < -0.4 is 11.1 Å². The Morgan fingerprint density at radius 1 is 1.38 bits per heavy atom. The molecule has 0 aliphatic carbocycles. The highest BCUT2D eigenvalue weighted by atomic mass is 16.3. The van der Waals surface area contributed by atoms with Gasteiger partial charge in [-0.25, -0.2) is 4.98 Å². The monoisotopic (exact) mass is 225 g/mol. The summed E-state index contributed by atoms with van der Waals surface area (Å²) in [6.45, 7) is 3.39. The topological polar surface area (TPSA) is 91.4 Å². The first-order chi connectivity index (χ1) is 7.56. The van der Waals surface area contributed by atoms with E-state index in [1.807, 2.05) is 19.9 Å². The molecular weight excluding hydrogens is 206 g/mol. The lowest BCUT2D eigenvalue weighted by Gasteiger charge is -2.30. The van der Waals surface area contributed by atoms with Crippen molar-refractivity contribution in [2.45, 2.75) is 25.8 Å². The minimum atomic E-state index is -0.769. The maximum absolute atomic E-state index is 9.31. The number of nitrogens with zero attached hydrogens (tertiary/aromatic N) is 1. The molecule has 0 unspecified atom stereocenters. The average molecular weight is 225 g/mol. The van der Waals surface area contributed by atoms with E-state index in [-0.39, 0.29) is 13.2 Å². The van der Waals surface area contributed by atoms with Crippen LogP contribution in [0.5, 0.6) is 0 Å². The van der Waals surface area contributed by atoms with Gasteiger partial charge in [0.25, 0.3) is 0 Å². The van der Waals surface area contributed by atoms with Crippen LogP contribution in [-0.2, 0) is 0 Å². The van der Waals surface area contributed by atoms with Gasteiger partial charge in [-0.05, 0) is 25.5 Å². The van der Waals surface area contributed by atoms with Crippen LogP contribution >= 0.6 is 0 Å². The van der Waals surface area contributed by atoms with Crippen LogP contribution in [-0.4, -0.2) is 33.9 Å². The highest BCUT2D eigenvalue weighted by Gasteiger charge is 2.27. The molecule has 1 rings (SSSR count). The van der Waals surface area contributed by atoms with Gasteiger partial charge in [-0.15, -0.1) is 0 Å². The fourth-order valence-corrected chi connectivity index (χ4v) is 1.36. The molecule has 0 saturated heterocycles. The van der Waals surface area contributed by atoms with Gasteiger partial charge in [0.1, 0.15) is 5.82 Å². The Kier molecular flexibility index (Phi) is 4.09. The lowest BCUT2D eigenvalue weighted by atomic mass is 9.98. The Morgan fingerprint density at radius 2 is 2.00 bits per heavy atom. The Balaban J connectivity index is 2.97. The van der Waals surface area contributed by atoms with Crippen molar-refractivity contribution in [3.63, 3.8) is 0 Å². The van der Waals surface area contributed by atoms with E-state index in [4.69, 9.17) is 5.73 Å². The maximum Gasteiger partial charge on any atom is 0.150 e. The van der Waals surface area contributed by atoms with Gasteiger partial charge in [0.2, 0.25) is 0 Å². The van der Waals surface area contributed by atoms with Crippen molar-refractivity contribution in [1.82, 2.24) is 4.98 Å². The van der Waals surface area contributed by atoms with Crippen molar-refractivity contribution in [2.24, 2.45) is 0 Å². The quantitative estimate of drug-likeness (QED) is 0.586. The van der Waals surface area contributed by atoms with Gasteiger partial charge in [-0.2, -0.15) is 0 Å². The number of hydrogen-bond acceptors (Lipinski definition) is 5. The van der Waals surface area contributed by atoms with Gasteiger partial charge < -0.3 is 21.3 Å². The van der Waals surface area contributed by atoms with Gasteiger partial charge in [-0.1, -0.05) is 6.92 Å². The van der Waals surface area contributed by atoms with Crippen molar-refractivity contribution < 1.29 is 10.2 Å². The summed E-state index contributed by atoms with van der Waals surface area (Å²) in [6.07, 6.45) is 0.578. The van der Waals surface area contributed by atoms with Crippen molar-refractivity contribution in [3.8, 4) is 0 Å². The number of hydrogen-bond donors (Lipinski definition) is 4. The molecule has 0 radical (unpaired) electrons. The largest absolute Gasteiger partial charge is 0.396 e. The normalized spacial score (nSPS) is 11.5. The number of aliphatic hydroxyl groups excluding tert-OH is 2. The minimum Gasteiger partial charge on any atom is -0.396 e. The average Bonchev–Trinajstić information content (AvgIpc) is 2.31. The number of anilines is 2. The number of aliphatic hydroxyl groups is 2. The number of nitrogen functional groups attached to an aromatic ring is 1. The zero-order chi connectivity index (χ0) is 12.2. The Labute approximate surface area is 95.3 Å². The number of nitrogens with one attached hydrogen (secondary N) is 1. The van der Waals surface area contributed by atoms with Crippen LogP contribution in [0, 0.1) is 6.92 Å². The molecule has 1 aromatic heterocycles. The second-order valence-corrected chi connectivity index (χ2v) is 3.97. The second-order valence-electron chi connectivity index (χ2n) is 3.97. The third-order valence-electron chi connectivity index (χ3n) is 2.73. The molecule has 0 fully saturated rings. The summed E-state index contributed by atoms with van der Waals surface area (Å²) in [5.41, 5.74) is 6.34. The molecule has 0 aromatic carbocycles. The van der Waals surface area contributed by atoms with E-state index in [1.54, 1.807) is 6.07 Å². The molecule has 5 heteroatoms. The van der Waals surface area contributed by atoms with Crippen LogP contribution in [0.15, 0.2) is 12.1 Å².